The third-order valence-corrected chi connectivity index (χ3v) is 9.87. The topological polar surface area (TPSA) is 107 Å². The standard InChI is InChI=1S/C40H74O7S/c1-3-5-7-9-11-13-15-17-19-21-23-25-27-29-31-33-35-46-39(41)37-38(48(43,44)45)40(42)47-36-34-32-30-28-26-24-22-20-18-16-14-12-10-8-6-4-2/h17-20,38H,3-16,21-37H2,1-2H3,(H,43,44,45)/b19-17-,20-18-. The molecule has 0 aromatic carbocycles. The molecule has 7 nitrogen and oxygen atoms in total. The Hall–Kier alpha value is -1.67. The molecule has 0 aromatic heterocycles. The number of carbonyl (C=O) groups is 2. The lowest BCUT2D eigenvalue weighted by Gasteiger charge is -2.13. The molecular weight excluding hydrogens is 625 g/mol. The zero-order chi connectivity index (χ0) is 35.4. The maximum absolute atomic E-state index is 12.3. The molecule has 0 bridgehead atoms. The Morgan fingerprint density at radius 3 is 1.17 bits per heavy atom. The van der Waals surface area contributed by atoms with Crippen molar-refractivity contribution in [1.82, 2.24) is 0 Å². The second-order valence-corrected chi connectivity index (χ2v) is 15.1. The molecule has 0 saturated carbocycles. The van der Waals surface area contributed by atoms with Gasteiger partial charge in [0.05, 0.1) is 19.6 Å². The van der Waals surface area contributed by atoms with Gasteiger partial charge in [0.2, 0.25) is 0 Å². The van der Waals surface area contributed by atoms with Crippen LogP contribution in [0.5, 0.6) is 0 Å². The largest absolute Gasteiger partial charge is 0.466 e. The molecule has 0 aliphatic rings. The summed E-state index contributed by atoms with van der Waals surface area (Å²) in [7, 11) is -4.78. The minimum atomic E-state index is -4.78. The number of rotatable bonds is 36. The highest BCUT2D eigenvalue weighted by Crippen LogP contribution is 2.14. The average molecular weight is 699 g/mol. The minimum absolute atomic E-state index is 0.0660. The Kier molecular flexibility index (Phi) is 33.9. The zero-order valence-corrected chi connectivity index (χ0v) is 31.9. The average Bonchev–Trinajstić information content (AvgIpc) is 3.05. The Labute approximate surface area is 296 Å². The minimum Gasteiger partial charge on any atom is -0.466 e. The van der Waals surface area contributed by atoms with Crippen LogP contribution in [0.25, 0.3) is 0 Å². The lowest BCUT2D eigenvalue weighted by atomic mass is 10.1. The summed E-state index contributed by atoms with van der Waals surface area (Å²) < 4.78 is 43.3. The van der Waals surface area contributed by atoms with Crippen molar-refractivity contribution in [1.29, 1.82) is 0 Å². The fourth-order valence-corrected chi connectivity index (χ4v) is 6.33. The maximum Gasteiger partial charge on any atom is 0.327 e. The van der Waals surface area contributed by atoms with Gasteiger partial charge in [-0.25, -0.2) is 0 Å². The third-order valence-electron chi connectivity index (χ3n) is 8.79. The van der Waals surface area contributed by atoms with Crippen LogP contribution in [0, 0.1) is 0 Å². The first-order valence-corrected chi connectivity index (χ1v) is 21.4. The summed E-state index contributed by atoms with van der Waals surface area (Å²) in [6, 6.07) is 0. The summed E-state index contributed by atoms with van der Waals surface area (Å²) >= 11 is 0. The van der Waals surface area contributed by atoms with E-state index >= 15 is 0 Å². The Bertz CT molecular complexity index is 897. The number of allylic oxidation sites excluding steroid dienone is 4. The van der Waals surface area contributed by atoms with E-state index in [4.69, 9.17) is 9.47 Å². The van der Waals surface area contributed by atoms with Crippen molar-refractivity contribution in [2.45, 2.75) is 205 Å². The molecule has 0 radical (unpaired) electrons. The van der Waals surface area contributed by atoms with Crippen molar-refractivity contribution < 1.29 is 32.0 Å². The van der Waals surface area contributed by atoms with E-state index in [2.05, 4.69) is 38.2 Å². The van der Waals surface area contributed by atoms with Gasteiger partial charge in [-0.1, -0.05) is 154 Å². The van der Waals surface area contributed by atoms with Crippen LogP contribution in [0.3, 0.4) is 0 Å². The number of unbranched alkanes of at least 4 members (excludes halogenated alkanes) is 24. The zero-order valence-electron chi connectivity index (χ0n) is 31.1. The van der Waals surface area contributed by atoms with Gasteiger partial charge in [-0.15, -0.1) is 0 Å². The van der Waals surface area contributed by atoms with Crippen LogP contribution in [0.2, 0.25) is 0 Å². The molecule has 0 fully saturated rings. The number of carbonyl (C=O) groups excluding carboxylic acids is 2. The van der Waals surface area contributed by atoms with Crippen molar-refractivity contribution in [2.75, 3.05) is 13.2 Å². The highest BCUT2D eigenvalue weighted by atomic mass is 32.2. The molecule has 0 spiro atoms. The Morgan fingerprint density at radius 1 is 0.500 bits per heavy atom. The quantitative estimate of drug-likeness (QED) is 0.0300. The lowest BCUT2D eigenvalue weighted by molar-refractivity contribution is -0.150. The van der Waals surface area contributed by atoms with E-state index in [9.17, 15) is 22.6 Å². The normalized spacial score (nSPS) is 12.6. The summed E-state index contributed by atoms with van der Waals surface area (Å²) in [5, 5.41) is -1.95. The molecule has 48 heavy (non-hydrogen) atoms. The second-order valence-electron chi connectivity index (χ2n) is 13.5. The van der Waals surface area contributed by atoms with Gasteiger partial charge < -0.3 is 9.47 Å². The summed E-state index contributed by atoms with van der Waals surface area (Å²) in [6.45, 7) is 4.73. The summed E-state index contributed by atoms with van der Waals surface area (Å²) in [4.78, 5) is 24.5. The summed E-state index contributed by atoms with van der Waals surface area (Å²) in [5.74, 6) is -1.92. The van der Waals surface area contributed by atoms with Gasteiger partial charge in [-0.05, 0) is 64.2 Å². The fourth-order valence-electron chi connectivity index (χ4n) is 5.67. The molecule has 0 aliphatic heterocycles. The highest BCUT2D eigenvalue weighted by Gasteiger charge is 2.35. The molecule has 8 heteroatoms. The van der Waals surface area contributed by atoms with Crippen LogP contribution in [0.1, 0.15) is 200 Å². The van der Waals surface area contributed by atoms with Crippen molar-refractivity contribution in [2.24, 2.45) is 0 Å². The molecule has 0 heterocycles. The molecule has 0 aliphatic carbocycles. The number of ether oxygens (including phenoxy) is 2. The van der Waals surface area contributed by atoms with E-state index in [0.717, 1.165) is 57.8 Å². The first-order valence-electron chi connectivity index (χ1n) is 19.9. The van der Waals surface area contributed by atoms with E-state index in [0.29, 0.717) is 12.8 Å². The van der Waals surface area contributed by atoms with Crippen LogP contribution in [-0.4, -0.2) is 43.4 Å². The molecule has 0 saturated heterocycles. The highest BCUT2D eigenvalue weighted by molar-refractivity contribution is 7.87. The lowest BCUT2D eigenvalue weighted by Crippen LogP contribution is -2.34. The van der Waals surface area contributed by atoms with Gasteiger partial charge in [0.25, 0.3) is 10.1 Å². The summed E-state index contributed by atoms with van der Waals surface area (Å²) in [5.41, 5.74) is 0. The number of hydrogen-bond donors (Lipinski definition) is 1. The molecule has 1 N–H and O–H groups in total. The van der Waals surface area contributed by atoms with Gasteiger partial charge in [0, 0.05) is 0 Å². The predicted molar refractivity (Wildman–Crippen MR) is 201 cm³/mol. The van der Waals surface area contributed by atoms with E-state index < -0.39 is 33.7 Å². The second kappa shape index (κ2) is 35.2. The van der Waals surface area contributed by atoms with E-state index in [-0.39, 0.29) is 13.2 Å². The Morgan fingerprint density at radius 2 is 0.812 bits per heavy atom. The van der Waals surface area contributed by atoms with Crippen molar-refractivity contribution in [3.8, 4) is 0 Å². The van der Waals surface area contributed by atoms with Gasteiger partial charge in [0.15, 0.2) is 5.25 Å². The monoisotopic (exact) mass is 699 g/mol. The van der Waals surface area contributed by atoms with Gasteiger partial charge in [0.1, 0.15) is 0 Å². The maximum atomic E-state index is 12.3. The van der Waals surface area contributed by atoms with Crippen LogP contribution >= 0.6 is 0 Å². The molecule has 1 atom stereocenters. The molecule has 0 rings (SSSR count). The Balaban J connectivity index is 3.80. The first-order chi connectivity index (χ1) is 23.3. The third kappa shape index (κ3) is 32.9. The van der Waals surface area contributed by atoms with Crippen LogP contribution in [0.15, 0.2) is 24.3 Å². The smallest absolute Gasteiger partial charge is 0.327 e. The van der Waals surface area contributed by atoms with E-state index in [1.54, 1.807) is 0 Å². The summed E-state index contributed by atoms with van der Waals surface area (Å²) in [6.07, 6.45) is 41.2. The fraction of sp³-hybridized carbons (Fsp3) is 0.850. The predicted octanol–water partition coefficient (Wildman–Crippen LogP) is 11.8. The first kappa shape index (κ1) is 46.3. The van der Waals surface area contributed by atoms with E-state index in [1.807, 2.05) is 0 Å². The molecule has 0 aromatic rings. The van der Waals surface area contributed by atoms with Crippen LogP contribution < -0.4 is 0 Å². The SMILES string of the molecule is CCCCCCCC/C=C\CCCCCCCCOC(=O)CC(C(=O)OCCCCCCCC/C=C\CCCCCCCC)S(=O)(=O)O. The van der Waals surface area contributed by atoms with Crippen LogP contribution in [0.4, 0.5) is 0 Å². The van der Waals surface area contributed by atoms with Crippen molar-refractivity contribution in [3.63, 3.8) is 0 Å². The number of hydrogen-bond acceptors (Lipinski definition) is 6. The molecule has 1 unspecified atom stereocenters. The molecular formula is C40H74O7S. The van der Waals surface area contributed by atoms with Crippen molar-refractivity contribution >= 4 is 22.1 Å². The van der Waals surface area contributed by atoms with Crippen molar-refractivity contribution in [3.05, 3.63) is 24.3 Å². The molecule has 0 amide bonds. The molecule has 282 valence electrons. The van der Waals surface area contributed by atoms with Gasteiger partial charge in [-0.2, -0.15) is 8.42 Å². The van der Waals surface area contributed by atoms with E-state index in [1.165, 1.54) is 109 Å². The van der Waals surface area contributed by atoms with Gasteiger partial charge in [-0.3, -0.25) is 14.1 Å². The van der Waals surface area contributed by atoms with Crippen LogP contribution in [-0.2, 0) is 29.2 Å². The number of esters is 2. The van der Waals surface area contributed by atoms with Gasteiger partial charge >= 0.3 is 11.9 Å².